The summed E-state index contributed by atoms with van der Waals surface area (Å²) in [5, 5.41) is 0.726. The van der Waals surface area contributed by atoms with Crippen LogP contribution in [0.1, 0.15) is 5.76 Å². The van der Waals surface area contributed by atoms with Gasteiger partial charge in [-0.25, -0.2) is 0 Å². The highest BCUT2D eigenvalue weighted by Crippen LogP contribution is 2.32. The summed E-state index contributed by atoms with van der Waals surface area (Å²) in [6.07, 6.45) is 1.72. The fourth-order valence-corrected chi connectivity index (χ4v) is 2.92. The van der Waals surface area contributed by atoms with Crippen molar-refractivity contribution >= 4 is 23.0 Å². The molecule has 1 aliphatic heterocycles. The summed E-state index contributed by atoms with van der Waals surface area (Å²) in [6, 6.07) is 9.61. The number of nitrogen functional groups attached to an aromatic ring is 1. The van der Waals surface area contributed by atoms with E-state index in [2.05, 4.69) is 9.80 Å². The highest BCUT2D eigenvalue weighted by atomic mass is 35.5. The van der Waals surface area contributed by atoms with Crippen LogP contribution in [0, 0.1) is 0 Å². The van der Waals surface area contributed by atoms with Gasteiger partial charge in [-0.1, -0.05) is 17.7 Å². The number of anilines is 2. The van der Waals surface area contributed by atoms with Crippen LogP contribution in [-0.4, -0.2) is 31.1 Å². The molecular formula is C15H18ClN3O. The number of piperazine rings is 1. The van der Waals surface area contributed by atoms with E-state index >= 15 is 0 Å². The topological polar surface area (TPSA) is 45.6 Å². The lowest BCUT2D eigenvalue weighted by Gasteiger charge is -2.36. The molecule has 2 N–H and O–H groups in total. The van der Waals surface area contributed by atoms with Crippen molar-refractivity contribution in [2.45, 2.75) is 6.54 Å². The number of halogens is 1. The Morgan fingerprint density at radius 2 is 1.90 bits per heavy atom. The Morgan fingerprint density at radius 3 is 2.55 bits per heavy atom. The molecule has 1 saturated heterocycles. The Hall–Kier alpha value is -1.65. The van der Waals surface area contributed by atoms with Crippen LogP contribution < -0.4 is 10.6 Å². The third kappa shape index (κ3) is 2.76. The predicted octanol–water partition coefficient (Wildman–Crippen LogP) is 2.84. The summed E-state index contributed by atoms with van der Waals surface area (Å²) in [7, 11) is 0. The quantitative estimate of drug-likeness (QED) is 0.883. The van der Waals surface area contributed by atoms with Crippen molar-refractivity contribution in [2.24, 2.45) is 0 Å². The van der Waals surface area contributed by atoms with E-state index in [-0.39, 0.29) is 0 Å². The van der Waals surface area contributed by atoms with Gasteiger partial charge >= 0.3 is 0 Å². The minimum atomic E-state index is 0.726. The fourth-order valence-electron chi connectivity index (χ4n) is 2.62. The van der Waals surface area contributed by atoms with Crippen molar-refractivity contribution in [2.75, 3.05) is 36.8 Å². The van der Waals surface area contributed by atoms with Crippen LogP contribution in [0.3, 0.4) is 0 Å². The molecule has 0 radical (unpaired) electrons. The van der Waals surface area contributed by atoms with Gasteiger partial charge in [-0.15, -0.1) is 0 Å². The highest BCUT2D eigenvalue weighted by Gasteiger charge is 2.21. The van der Waals surface area contributed by atoms with Crippen molar-refractivity contribution in [1.29, 1.82) is 0 Å². The Kier molecular flexibility index (Phi) is 3.85. The Morgan fingerprint density at radius 1 is 1.10 bits per heavy atom. The predicted molar refractivity (Wildman–Crippen MR) is 82.1 cm³/mol. The van der Waals surface area contributed by atoms with Crippen LogP contribution >= 0.6 is 11.6 Å². The molecule has 1 aromatic carbocycles. The number of nitrogens with two attached hydrogens (primary N) is 1. The molecule has 106 valence electrons. The van der Waals surface area contributed by atoms with Crippen LogP contribution in [0.15, 0.2) is 41.0 Å². The van der Waals surface area contributed by atoms with Gasteiger partial charge in [-0.05, 0) is 24.3 Å². The van der Waals surface area contributed by atoms with E-state index in [1.165, 1.54) is 0 Å². The molecule has 0 saturated carbocycles. The molecule has 0 spiro atoms. The maximum absolute atomic E-state index is 6.26. The lowest BCUT2D eigenvalue weighted by molar-refractivity contribution is 0.230. The van der Waals surface area contributed by atoms with Gasteiger partial charge in [0.2, 0.25) is 0 Å². The van der Waals surface area contributed by atoms with Crippen LogP contribution in [0.25, 0.3) is 0 Å². The molecular weight excluding hydrogens is 274 g/mol. The molecule has 0 bridgehead atoms. The van der Waals surface area contributed by atoms with Gasteiger partial charge in [0.05, 0.1) is 29.2 Å². The van der Waals surface area contributed by atoms with Crippen LogP contribution in [0.2, 0.25) is 5.02 Å². The normalized spacial score (nSPS) is 16.6. The van der Waals surface area contributed by atoms with E-state index in [9.17, 15) is 0 Å². The third-order valence-corrected chi connectivity index (χ3v) is 3.97. The second-order valence-electron chi connectivity index (χ2n) is 5.02. The van der Waals surface area contributed by atoms with Gasteiger partial charge in [0, 0.05) is 26.2 Å². The lowest BCUT2D eigenvalue weighted by Crippen LogP contribution is -2.46. The fraction of sp³-hybridized carbons (Fsp3) is 0.333. The number of rotatable bonds is 3. The first-order valence-corrected chi connectivity index (χ1v) is 7.15. The third-order valence-electron chi connectivity index (χ3n) is 3.67. The highest BCUT2D eigenvalue weighted by molar-refractivity contribution is 6.34. The van der Waals surface area contributed by atoms with Gasteiger partial charge in [0.15, 0.2) is 0 Å². The first kappa shape index (κ1) is 13.3. The molecule has 5 heteroatoms. The molecule has 3 rings (SSSR count). The second-order valence-corrected chi connectivity index (χ2v) is 5.43. The SMILES string of the molecule is Nc1cccc(Cl)c1N1CCN(Cc2ccco2)CC1. The van der Waals surface area contributed by atoms with Gasteiger partial charge in [-0.2, -0.15) is 0 Å². The van der Waals surface area contributed by atoms with Gasteiger partial charge in [-0.3, -0.25) is 4.90 Å². The van der Waals surface area contributed by atoms with Gasteiger partial charge in [0.1, 0.15) is 5.76 Å². The number of benzene rings is 1. The Bertz CT molecular complexity index is 542. The molecule has 0 atom stereocenters. The molecule has 4 nitrogen and oxygen atoms in total. The average Bonchev–Trinajstić information content (AvgIpc) is 2.93. The molecule has 2 heterocycles. The maximum Gasteiger partial charge on any atom is 0.117 e. The van der Waals surface area contributed by atoms with E-state index in [0.29, 0.717) is 0 Å². The monoisotopic (exact) mass is 291 g/mol. The van der Waals surface area contributed by atoms with Crippen molar-refractivity contribution < 1.29 is 4.42 Å². The maximum atomic E-state index is 6.26. The van der Waals surface area contributed by atoms with Crippen LogP contribution in [0.5, 0.6) is 0 Å². The first-order valence-electron chi connectivity index (χ1n) is 6.78. The summed E-state index contributed by atoms with van der Waals surface area (Å²) in [5.74, 6) is 1.01. The molecule has 1 aromatic heterocycles. The minimum absolute atomic E-state index is 0.726. The van der Waals surface area contributed by atoms with Crippen molar-refractivity contribution in [1.82, 2.24) is 4.90 Å². The summed E-state index contributed by atoms with van der Waals surface area (Å²) in [5.41, 5.74) is 7.75. The first-order chi connectivity index (χ1) is 9.74. The largest absolute Gasteiger partial charge is 0.468 e. The van der Waals surface area contributed by atoms with E-state index < -0.39 is 0 Å². The standard InChI is InChI=1S/C15H18ClN3O/c16-13-4-1-5-14(17)15(13)19-8-6-18(7-9-19)11-12-3-2-10-20-12/h1-5,10H,6-9,11,17H2. The lowest BCUT2D eigenvalue weighted by atomic mass is 10.2. The van der Waals surface area contributed by atoms with E-state index in [1.54, 1.807) is 6.26 Å². The van der Waals surface area contributed by atoms with Crippen molar-refractivity contribution in [3.05, 3.63) is 47.4 Å². The second kappa shape index (κ2) is 5.77. The molecule has 1 fully saturated rings. The van der Waals surface area contributed by atoms with Gasteiger partial charge < -0.3 is 15.1 Å². The minimum Gasteiger partial charge on any atom is -0.468 e. The number of hydrogen-bond acceptors (Lipinski definition) is 4. The van der Waals surface area contributed by atoms with Crippen LogP contribution in [-0.2, 0) is 6.54 Å². The zero-order valence-electron chi connectivity index (χ0n) is 11.3. The molecule has 2 aromatic rings. The molecule has 0 amide bonds. The van der Waals surface area contributed by atoms with Crippen molar-refractivity contribution in [3.63, 3.8) is 0 Å². The summed E-state index contributed by atoms with van der Waals surface area (Å²) in [4.78, 5) is 4.64. The number of nitrogens with zero attached hydrogens (tertiary/aromatic N) is 2. The van der Waals surface area contributed by atoms with Crippen molar-refractivity contribution in [3.8, 4) is 0 Å². The van der Waals surface area contributed by atoms with E-state index in [4.69, 9.17) is 21.8 Å². The number of hydrogen-bond donors (Lipinski definition) is 1. The Labute approximate surface area is 123 Å². The molecule has 1 aliphatic rings. The zero-order valence-corrected chi connectivity index (χ0v) is 12.0. The molecule has 20 heavy (non-hydrogen) atoms. The summed E-state index contributed by atoms with van der Waals surface area (Å²) in [6.45, 7) is 4.67. The summed E-state index contributed by atoms with van der Waals surface area (Å²) < 4.78 is 5.39. The summed E-state index contributed by atoms with van der Waals surface area (Å²) >= 11 is 6.26. The van der Waals surface area contributed by atoms with Gasteiger partial charge in [0.25, 0.3) is 0 Å². The average molecular weight is 292 g/mol. The number of furan rings is 1. The molecule has 0 aliphatic carbocycles. The Balaban J connectivity index is 1.64. The smallest absolute Gasteiger partial charge is 0.117 e. The van der Waals surface area contributed by atoms with E-state index in [0.717, 1.165) is 54.9 Å². The zero-order chi connectivity index (χ0) is 13.9. The molecule has 0 unspecified atom stereocenters. The van der Waals surface area contributed by atoms with E-state index in [1.807, 2.05) is 30.3 Å². The van der Waals surface area contributed by atoms with Crippen LogP contribution in [0.4, 0.5) is 11.4 Å². The number of para-hydroxylation sites is 1.